The maximum Gasteiger partial charge on any atom is 0.0717 e. The third-order valence-electron chi connectivity index (χ3n) is 6.13. The minimum Gasteiger partial charge on any atom is -0.396 e. The van der Waals surface area contributed by atoms with Crippen LogP contribution in [0, 0.1) is 11.8 Å². The first-order valence-electron chi connectivity index (χ1n) is 12.7. The number of allylic oxidation sites excluding steroid dienone is 2. The van der Waals surface area contributed by atoms with Crippen LogP contribution in [0.3, 0.4) is 0 Å². The summed E-state index contributed by atoms with van der Waals surface area (Å²) in [5.74, 6) is 1.19. The molecule has 1 aliphatic heterocycles. The highest BCUT2D eigenvalue weighted by atomic mass is 16.5. The van der Waals surface area contributed by atoms with Crippen molar-refractivity contribution in [3.8, 4) is 0 Å². The van der Waals surface area contributed by atoms with Gasteiger partial charge in [-0.25, -0.2) is 0 Å². The number of likely N-dealkylation sites (tertiary alicyclic amines) is 1. The van der Waals surface area contributed by atoms with Crippen molar-refractivity contribution in [3.63, 3.8) is 0 Å². The Morgan fingerprint density at radius 3 is 1.97 bits per heavy atom. The minimum absolute atomic E-state index is 0.307. The molecule has 1 saturated heterocycles. The number of benzene rings is 1. The molecule has 2 N–H and O–H groups in total. The molecule has 2 unspecified atom stereocenters. The van der Waals surface area contributed by atoms with Crippen LogP contribution in [0.1, 0.15) is 63.4 Å². The van der Waals surface area contributed by atoms with E-state index in [0.717, 1.165) is 77.6 Å². The van der Waals surface area contributed by atoms with E-state index in [1.165, 1.54) is 12.0 Å². The van der Waals surface area contributed by atoms with Crippen LogP contribution in [0.5, 0.6) is 0 Å². The van der Waals surface area contributed by atoms with E-state index in [0.29, 0.717) is 31.7 Å². The molecule has 1 aliphatic rings. The lowest BCUT2D eigenvalue weighted by atomic mass is 9.88. The van der Waals surface area contributed by atoms with Gasteiger partial charge in [0.1, 0.15) is 0 Å². The van der Waals surface area contributed by atoms with E-state index in [1.807, 2.05) is 6.07 Å². The summed E-state index contributed by atoms with van der Waals surface area (Å²) >= 11 is 0. The Balaban J connectivity index is 1.77. The molecular formula is C28H45NO3. The molecule has 0 aliphatic carbocycles. The molecule has 1 heterocycles. The highest BCUT2D eigenvalue weighted by Crippen LogP contribution is 2.25. The van der Waals surface area contributed by atoms with Crippen LogP contribution in [0.25, 0.3) is 0 Å². The van der Waals surface area contributed by atoms with Crippen LogP contribution in [0.2, 0.25) is 0 Å². The average Bonchev–Trinajstić information content (AvgIpc) is 2.82. The average molecular weight is 444 g/mol. The van der Waals surface area contributed by atoms with Crippen molar-refractivity contribution in [3.05, 3.63) is 60.2 Å². The van der Waals surface area contributed by atoms with Gasteiger partial charge in [0.2, 0.25) is 0 Å². The molecule has 1 aromatic carbocycles. The molecule has 32 heavy (non-hydrogen) atoms. The molecule has 0 aromatic heterocycles. The SMILES string of the molecule is OCCCCCC=CC1CC(C=CCCCCCO)CN(CCOCc2ccccc2)C1. The smallest absolute Gasteiger partial charge is 0.0717 e. The number of rotatable bonds is 17. The number of ether oxygens (including phenoxy) is 1. The van der Waals surface area contributed by atoms with E-state index in [9.17, 15) is 0 Å². The largest absolute Gasteiger partial charge is 0.396 e. The summed E-state index contributed by atoms with van der Waals surface area (Å²) < 4.78 is 5.95. The van der Waals surface area contributed by atoms with Crippen molar-refractivity contribution < 1.29 is 14.9 Å². The molecule has 4 heteroatoms. The zero-order valence-electron chi connectivity index (χ0n) is 19.9. The first kappa shape index (κ1) is 26.8. The number of piperidine rings is 1. The standard InChI is InChI=1S/C28H45NO3/c30-19-12-5-1-3-8-16-27-22-28(17-9-4-2-6-13-20-31)24-29(23-27)18-21-32-25-26-14-10-7-11-15-26/h7-11,14-17,27-28,30-31H,1-6,12-13,18-25H2. The second kappa shape index (κ2) is 18.0. The molecule has 0 amide bonds. The molecule has 2 atom stereocenters. The van der Waals surface area contributed by atoms with Gasteiger partial charge in [-0.15, -0.1) is 0 Å². The van der Waals surface area contributed by atoms with Gasteiger partial charge in [0.15, 0.2) is 0 Å². The molecule has 0 radical (unpaired) electrons. The van der Waals surface area contributed by atoms with Gasteiger partial charge in [-0.3, -0.25) is 4.90 Å². The van der Waals surface area contributed by atoms with E-state index >= 15 is 0 Å². The number of hydrogen-bond donors (Lipinski definition) is 2. The van der Waals surface area contributed by atoms with E-state index < -0.39 is 0 Å². The molecule has 180 valence electrons. The number of aliphatic hydroxyl groups excluding tert-OH is 2. The maximum atomic E-state index is 8.92. The summed E-state index contributed by atoms with van der Waals surface area (Å²) in [5, 5.41) is 17.8. The van der Waals surface area contributed by atoms with Crippen molar-refractivity contribution in [2.24, 2.45) is 11.8 Å². The monoisotopic (exact) mass is 443 g/mol. The maximum absolute atomic E-state index is 8.92. The van der Waals surface area contributed by atoms with Gasteiger partial charge in [-0.05, 0) is 62.3 Å². The lowest BCUT2D eigenvalue weighted by Crippen LogP contribution is -2.41. The Hall–Kier alpha value is -1.46. The number of nitrogens with zero attached hydrogens (tertiary/aromatic N) is 1. The van der Waals surface area contributed by atoms with Gasteiger partial charge < -0.3 is 14.9 Å². The van der Waals surface area contributed by atoms with Crippen molar-refractivity contribution in [2.75, 3.05) is 39.5 Å². The highest BCUT2D eigenvalue weighted by molar-refractivity contribution is 5.13. The van der Waals surface area contributed by atoms with Crippen LogP contribution in [-0.2, 0) is 11.3 Å². The number of hydrogen-bond acceptors (Lipinski definition) is 4. The normalized spacial score (nSPS) is 19.9. The Morgan fingerprint density at radius 1 is 0.812 bits per heavy atom. The first-order chi connectivity index (χ1) is 15.8. The fraction of sp³-hybridized carbons (Fsp3) is 0.643. The molecular weight excluding hydrogens is 398 g/mol. The Morgan fingerprint density at radius 2 is 1.41 bits per heavy atom. The quantitative estimate of drug-likeness (QED) is 0.251. The predicted molar refractivity (Wildman–Crippen MR) is 134 cm³/mol. The van der Waals surface area contributed by atoms with E-state index in [-0.39, 0.29) is 0 Å². The van der Waals surface area contributed by atoms with Gasteiger partial charge in [-0.2, -0.15) is 0 Å². The Labute approximate surface area is 196 Å². The fourth-order valence-electron chi connectivity index (χ4n) is 4.37. The Kier molecular flexibility index (Phi) is 15.1. The number of unbranched alkanes of at least 4 members (excludes halogenated alkanes) is 6. The lowest BCUT2D eigenvalue weighted by Gasteiger charge is -2.35. The summed E-state index contributed by atoms with van der Waals surface area (Å²) in [6, 6.07) is 10.4. The van der Waals surface area contributed by atoms with E-state index in [1.54, 1.807) is 0 Å². The Bertz CT molecular complexity index is 586. The molecule has 2 rings (SSSR count). The first-order valence-corrected chi connectivity index (χ1v) is 12.7. The van der Waals surface area contributed by atoms with Crippen molar-refractivity contribution >= 4 is 0 Å². The van der Waals surface area contributed by atoms with Crippen molar-refractivity contribution in [1.29, 1.82) is 0 Å². The van der Waals surface area contributed by atoms with Crippen LogP contribution in [0.4, 0.5) is 0 Å². The second-order valence-electron chi connectivity index (χ2n) is 9.06. The molecule has 1 aromatic rings. The summed E-state index contributed by atoms with van der Waals surface area (Å²) in [6.45, 7) is 5.27. The van der Waals surface area contributed by atoms with Crippen molar-refractivity contribution in [1.82, 2.24) is 4.90 Å². The van der Waals surface area contributed by atoms with Crippen LogP contribution < -0.4 is 0 Å². The highest BCUT2D eigenvalue weighted by Gasteiger charge is 2.24. The van der Waals surface area contributed by atoms with Gasteiger partial charge >= 0.3 is 0 Å². The second-order valence-corrected chi connectivity index (χ2v) is 9.06. The van der Waals surface area contributed by atoms with Crippen LogP contribution >= 0.6 is 0 Å². The third kappa shape index (κ3) is 12.5. The summed E-state index contributed by atoms with van der Waals surface area (Å²) in [7, 11) is 0. The van der Waals surface area contributed by atoms with Crippen molar-refractivity contribution in [2.45, 2.75) is 64.4 Å². The molecule has 0 spiro atoms. The van der Waals surface area contributed by atoms with E-state index in [2.05, 4.69) is 53.5 Å². The fourth-order valence-corrected chi connectivity index (χ4v) is 4.37. The van der Waals surface area contributed by atoms with Gasteiger partial charge in [0.05, 0.1) is 13.2 Å². The summed E-state index contributed by atoms with van der Waals surface area (Å²) in [4.78, 5) is 2.57. The van der Waals surface area contributed by atoms with Gasteiger partial charge in [-0.1, -0.05) is 67.5 Å². The number of aliphatic hydroxyl groups is 2. The van der Waals surface area contributed by atoms with Gasteiger partial charge in [0, 0.05) is 32.8 Å². The van der Waals surface area contributed by atoms with E-state index in [4.69, 9.17) is 14.9 Å². The predicted octanol–water partition coefficient (Wildman–Crippen LogP) is 5.36. The van der Waals surface area contributed by atoms with Crippen LogP contribution in [-0.4, -0.2) is 54.6 Å². The van der Waals surface area contributed by atoms with Gasteiger partial charge in [0.25, 0.3) is 0 Å². The topological polar surface area (TPSA) is 52.9 Å². The zero-order valence-corrected chi connectivity index (χ0v) is 19.9. The zero-order chi connectivity index (χ0) is 22.7. The molecule has 1 fully saturated rings. The van der Waals surface area contributed by atoms with Crippen LogP contribution in [0.15, 0.2) is 54.6 Å². The summed E-state index contributed by atoms with van der Waals surface area (Å²) in [5.41, 5.74) is 1.23. The molecule has 0 bridgehead atoms. The lowest BCUT2D eigenvalue weighted by molar-refractivity contribution is 0.0731. The molecule has 0 saturated carbocycles. The minimum atomic E-state index is 0.307. The molecule has 4 nitrogen and oxygen atoms in total. The summed E-state index contributed by atoms with van der Waals surface area (Å²) in [6.07, 6.45) is 19.4. The third-order valence-corrected chi connectivity index (χ3v) is 6.13.